The summed E-state index contributed by atoms with van der Waals surface area (Å²) in [4.78, 5) is 5.17. The fraction of sp³-hybridized carbons (Fsp3) is 0.391. The van der Waals surface area contributed by atoms with Gasteiger partial charge in [0.2, 0.25) is 0 Å². The minimum absolute atomic E-state index is 0.412. The largest absolute Gasteiger partial charge is 0.349 e. The van der Waals surface area contributed by atoms with Crippen LogP contribution in [0.15, 0.2) is 72.3 Å². The molecule has 1 atom stereocenters. The van der Waals surface area contributed by atoms with Gasteiger partial charge in [-0.3, -0.25) is 0 Å². The van der Waals surface area contributed by atoms with Crippen molar-refractivity contribution in [2.75, 3.05) is 22.9 Å². The van der Waals surface area contributed by atoms with Gasteiger partial charge in [-0.25, -0.2) is 0 Å². The van der Waals surface area contributed by atoms with Crippen LogP contribution >= 0.6 is 0 Å². The Morgan fingerprint density at radius 2 is 1.40 bits per heavy atom. The van der Waals surface area contributed by atoms with E-state index in [1.165, 1.54) is 23.4 Å². The molecule has 3 rings (SSSR count). The Morgan fingerprint density at radius 3 is 1.84 bits per heavy atom. The van der Waals surface area contributed by atoms with E-state index in [0.717, 1.165) is 19.5 Å². The first-order chi connectivity index (χ1) is 12.2. The van der Waals surface area contributed by atoms with E-state index in [2.05, 4.69) is 97.3 Å². The Balaban J connectivity index is 1.85. The molecule has 0 aliphatic carbocycles. The highest BCUT2D eigenvalue weighted by atomic mass is 15.4. The molecule has 1 fully saturated rings. The molecule has 1 aliphatic rings. The molecular weight excluding hydrogens is 304 g/mol. The summed E-state index contributed by atoms with van der Waals surface area (Å²) in [5, 5.41) is 0. The summed E-state index contributed by atoms with van der Waals surface area (Å²) in [5.74, 6) is 0.596. The second-order valence-corrected chi connectivity index (χ2v) is 7.31. The molecule has 1 aliphatic heterocycles. The Morgan fingerprint density at radius 1 is 0.920 bits per heavy atom. The van der Waals surface area contributed by atoms with Gasteiger partial charge < -0.3 is 9.80 Å². The third kappa shape index (κ3) is 4.25. The van der Waals surface area contributed by atoms with Crippen LogP contribution in [-0.4, -0.2) is 19.3 Å². The van der Waals surface area contributed by atoms with E-state index in [1.54, 1.807) is 0 Å². The zero-order valence-electron chi connectivity index (χ0n) is 15.7. The summed E-state index contributed by atoms with van der Waals surface area (Å²) in [5.41, 5.74) is 4.08. The van der Waals surface area contributed by atoms with Crippen LogP contribution in [0, 0.1) is 5.92 Å². The van der Waals surface area contributed by atoms with Crippen LogP contribution in [0.25, 0.3) is 0 Å². The second kappa shape index (κ2) is 8.24. The molecule has 0 saturated carbocycles. The highest BCUT2D eigenvalue weighted by Gasteiger charge is 2.35. The van der Waals surface area contributed by atoms with Gasteiger partial charge in [-0.15, -0.1) is 0 Å². The molecule has 2 nitrogen and oxygen atoms in total. The third-order valence-corrected chi connectivity index (χ3v) is 5.08. The molecule has 2 aromatic carbocycles. The lowest BCUT2D eigenvalue weighted by Gasteiger charge is -2.37. The molecule has 1 unspecified atom stereocenters. The maximum atomic E-state index is 2.58. The third-order valence-electron chi connectivity index (χ3n) is 5.08. The smallest absolute Gasteiger partial charge is 0.104 e. The van der Waals surface area contributed by atoms with Crippen molar-refractivity contribution < 1.29 is 0 Å². The lowest BCUT2D eigenvalue weighted by molar-refractivity contribution is 0.430. The minimum atomic E-state index is 0.412. The number of benzene rings is 2. The van der Waals surface area contributed by atoms with E-state index in [4.69, 9.17) is 0 Å². The Labute approximate surface area is 152 Å². The van der Waals surface area contributed by atoms with Crippen LogP contribution < -0.4 is 9.80 Å². The number of nitrogens with zero attached hydrogens (tertiary/aromatic N) is 2. The second-order valence-electron chi connectivity index (χ2n) is 7.31. The van der Waals surface area contributed by atoms with E-state index >= 15 is 0 Å². The van der Waals surface area contributed by atoms with Gasteiger partial charge in [0, 0.05) is 24.5 Å². The molecule has 2 aromatic rings. The molecular formula is C23H30N2. The monoisotopic (exact) mass is 334 g/mol. The Kier molecular flexibility index (Phi) is 5.80. The predicted octanol–water partition coefficient (Wildman–Crippen LogP) is 5.72. The highest BCUT2D eigenvalue weighted by molar-refractivity contribution is 5.57. The first kappa shape index (κ1) is 17.6. The molecule has 0 radical (unpaired) electrons. The SMILES string of the molecule is CC(C)=CCCC(C)C1N(c2ccccc2)CCN1c1ccccc1. The molecule has 0 bridgehead atoms. The molecule has 0 spiro atoms. The Bertz CT molecular complexity index is 626. The maximum absolute atomic E-state index is 2.58. The van der Waals surface area contributed by atoms with Crippen molar-refractivity contribution in [1.82, 2.24) is 0 Å². The Hall–Kier alpha value is -2.22. The van der Waals surface area contributed by atoms with Crippen LogP contribution in [0.4, 0.5) is 11.4 Å². The number of para-hydroxylation sites is 2. The first-order valence-electron chi connectivity index (χ1n) is 9.43. The highest BCUT2D eigenvalue weighted by Crippen LogP contribution is 2.33. The van der Waals surface area contributed by atoms with Crippen LogP contribution in [0.2, 0.25) is 0 Å². The molecule has 1 heterocycles. The van der Waals surface area contributed by atoms with E-state index in [9.17, 15) is 0 Å². The van der Waals surface area contributed by atoms with Crippen molar-refractivity contribution in [2.24, 2.45) is 5.92 Å². The first-order valence-corrected chi connectivity index (χ1v) is 9.43. The lowest BCUT2D eigenvalue weighted by atomic mass is 9.99. The number of allylic oxidation sites excluding steroid dienone is 2. The van der Waals surface area contributed by atoms with E-state index in [1.807, 2.05) is 0 Å². The summed E-state index contributed by atoms with van der Waals surface area (Å²) in [6, 6.07) is 21.7. The zero-order valence-corrected chi connectivity index (χ0v) is 15.7. The van der Waals surface area contributed by atoms with Crippen molar-refractivity contribution in [3.05, 3.63) is 72.3 Å². The quantitative estimate of drug-likeness (QED) is 0.623. The molecule has 0 amide bonds. The molecule has 0 aromatic heterocycles. The summed E-state index contributed by atoms with van der Waals surface area (Å²) >= 11 is 0. The van der Waals surface area contributed by atoms with Crippen molar-refractivity contribution in [3.63, 3.8) is 0 Å². The average molecular weight is 335 g/mol. The zero-order chi connectivity index (χ0) is 17.6. The summed E-state index contributed by atoms with van der Waals surface area (Å²) in [6.07, 6.45) is 5.15. The summed E-state index contributed by atoms with van der Waals surface area (Å²) < 4.78 is 0. The molecule has 132 valence electrons. The van der Waals surface area contributed by atoms with Crippen molar-refractivity contribution in [1.29, 1.82) is 0 Å². The molecule has 0 N–H and O–H groups in total. The van der Waals surface area contributed by atoms with E-state index < -0.39 is 0 Å². The number of hydrogen-bond acceptors (Lipinski definition) is 2. The van der Waals surface area contributed by atoms with E-state index in [-0.39, 0.29) is 0 Å². The standard InChI is InChI=1S/C23H30N2/c1-19(2)11-10-12-20(3)23-24(21-13-6-4-7-14-21)17-18-25(23)22-15-8-5-9-16-22/h4-9,11,13-16,20,23H,10,12,17-18H2,1-3H3. The normalized spacial score (nSPS) is 16.1. The van der Waals surface area contributed by atoms with E-state index in [0.29, 0.717) is 12.1 Å². The summed E-state index contributed by atoms with van der Waals surface area (Å²) in [6.45, 7) is 8.94. The van der Waals surface area contributed by atoms with Gasteiger partial charge >= 0.3 is 0 Å². The molecule has 25 heavy (non-hydrogen) atoms. The predicted molar refractivity (Wildman–Crippen MR) is 109 cm³/mol. The number of anilines is 2. The average Bonchev–Trinajstić information content (AvgIpc) is 3.08. The molecule has 2 heteroatoms. The lowest BCUT2D eigenvalue weighted by Crippen LogP contribution is -2.44. The summed E-state index contributed by atoms with van der Waals surface area (Å²) in [7, 11) is 0. The van der Waals surface area contributed by atoms with Gasteiger partial charge in [0.25, 0.3) is 0 Å². The van der Waals surface area contributed by atoms with Gasteiger partial charge in [0.1, 0.15) is 6.17 Å². The number of rotatable bonds is 6. The topological polar surface area (TPSA) is 6.48 Å². The fourth-order valence-electron chi connectivity index (χ4n) is 3.85. The maximum Gasteiger partial charge on any atom is 0.104 e. The van der Waals surface area contributed by atoms with Crippen LogP contribution in [0.1, 0.15) is 33.6 Å². The van der Waals surface area contributed by atoms with Gasteiger partial charge in [0.05, 0.1) is 0 Å². The van der Waals surface area contributed by atoms with Gasteiger partial charge in [-0.1, -0.05) is 55.0 Å². The van der Waals surface area contributed by atoms with Crippen molar-refractivity contribution in [2.45, 2.75) is 39.8 Å². The fourth-order valence-corrected chi connectivity index (χ4v) is 3.85. The van der Waals surface area contributed by atoms with Crippen molar-refractivity contribution >= 4 is 11.4 Å². The van der Waals surface area contributed by atoms with Crippen LogP contribution in [0.5, 0.6) is 0 Å². The number of hydrogen-bond donors (Lipinski definition) is 0. The minimum Gasteiger partial charge on any atom is -0.349 e. The van der Waals surface area contributed by atoms with Gasteiger partial charge in [-0.05, 0) is 56.9 Å². The van der Waals surface area contributed by atoms with Crippen LogP contribution in [-0.2, 0) is 0 Å². The molecule has 1 saturated heterocycles. The van der Waals surface area contributed by atoms with Crippen molar-refractivity contribution in [3.8, 4) is 0 Å². The van der Waals surface area contributed by atoms with Gasteiger partial charge in [0.15, 0.2) is 0 Å². The van der Waals surface area contributed by atoms with Crippen LogP contribution in [0.3, 0.4) is 0 Å². The van der Waals surface area contributed by atoms with Gasteiger partial charge in [-0.2, -0.15) is 0 Å².